The predicted octanol–water partition coefficient (Wildman–Crippen LogP) is 4.23. The Kier molecular flexibility index (Phi) is 3.91. The van der Waals surface area contributed by atoms with Crippen molar-refractivity contribution in [3.63, 3.8) is 0 Å². The van der Waals surface area contributed by atoms with Crippen molar-refractivity contribution >= 4 is 29.3 Å². The van der Waals surface area contributed by atoms with Gasteiger partial charge in [0, 0.05) is 23.4 Å². The van der Waals surface area contributed by atoms with Crippen LogP contribution in [0.4, 0.5) is 17.2 Å². The molecule has 6 nitrogen and oxygen atoms in total. The van der Waals surface area contributed by atoms with Gasteiger partial charge in [0.15, 0.2) is 0 Å². The molecule has 2 heterocycles. The van der Waals surface area contributed by atoms with E-state index in [9.17, 15) is 4.79 Å². The van der Waals surface area contributed by atoms with E-state index in [-0.39, 0.29) is 0 Å². The van der Waals surface area contributed by atoms with Gasteiger partial charge in [-0.2, -0.15) is 0 Å². The summed E-state index contributed by atoms with van der Waals surface area (Å²) < 4.78 is 0. The van der Waals surface area contributed by atoms with Crippen LogP contribution >= 0.6 is 0 Å². The first-order valence-corrected chi connectivity index (χ1v) is 9.23. The molecule has 0 unspecified atom stereocenters. The van der Waals surface area contributed by atoms with Crippen LogP contribution in [0.15, 0.2) is 65.7 Å². The molecule has 6 heteroatoms. The molecular formula is C22H18N4O2. The molecule has 0 atom stereocenters. The molecule has 1 fully saturated rings. The van der Waals surface area contributed by atoms with Crippen molar-refractivity contribution in [2.24, 2.45) is 4.99 Å². The van der Waals surface area contributed by atoms with E-state index in [4.69, 9.17) is 10.2 Å². The van der Waals surface area contributed by atoms with Crippen LogP contribution < -0.4 is 10.4 Å². The average Bonchev–Trinajstić information content (AvgIpc) is 3.58. The highest BCUT2D eigenvalue weighted by molar-refractivity contribution is 6.01. The van der Waals surface area contributed by atoms with Gasteiger partial charge in [0.1, 0.15) is 5.82 Å². The quantitative estimate of drug-likeness (QED) is 0.534. The number of nitrogens with one attached hydrogen (secondary N) is 1. The van der Waals surface area contributed by atoms with Crippen LogP contribution in [0.3, 0.4) is 0 Å². The number of benzene rings is 2. The van der Waals surface area contributed by atoms with E-state index in [0.29, 0.717) is 22.9 Å². The third kappa shape index (κ3) is 2.75. The SMILES string of the molecule is O=C(NO)c1ccccc1-c1ccc2c(n1)N(C1CC1)c1ccccc1N=C2. The first-order valence-electron chi connectivity index (χ1n) is 9.23. The number of carbonyl (C=O) groups is 1. The van der Waals surface area contributed by atoms with Gasteiger partial charge in [-0.3, -0.25) is 15.0 Å². The number of hydrogen-bond donors (Lipinski definition) is 2. The largest absolute Gasteiger partial charge is 0.321 e. The van der Waals surface area contributed by atoms with Gasteiger partial charge < -0.3 is 4.90 Å². The Morgan fingerprint density at radius 3 is 2.64 bits per heavy atom. The highest BCUT2D eigenvalue weighted by atomic mass is 16.5. The standard InChI is InChI=1S/C22H18N4O2/c27-22(25-28)17-6-2-1-5-16(17)18-12-9-14-13-23-19-7-3-4-8-20(19)26(15-10-11-15)21(14)24-18/h1-9,12-13,15,28H,10-11H2,(H,25,27). The second-order valence-corrected chi connectivity index (χ2v) is 6.94. The van der Waals surface area contributed by atoms with Crippen molar-refractivity contribution in [3.05, 3.63) is 71.8 Å². The van der Waals surface area contributed by atoms with E-state index in [1.807, 2.05) is 48.7 Å². The summed E-state index contributed by atoms with van der Waals surface area (Å²) in [6.45, 7) is 0. The molecule has 5 rings (SSSR count). The predicted molar refractivity (Wildman–Crippen MR) is 108 cm³/mol. The molecule has 0 saturated heterocycles. The number of amides is 1. The zero-order chi connectivity index (χ0) is 19.1. The third-order valence-corrected chi connectivity index (χ3v) is 5.08. The van der Waals surface area contributed by atoms with Gasteiger partial charge in [-0.25, -0.2) is 10.5 Å². The Morgan fingerprint density at radius 2 is 1.82 bits per heavy atom. The van der Waals surface area contributed by atoms with E-state index in [0.717, 1.165) is 35.6 Å². The van der Waals surface area contributed by atoms with Crippen molar-refractivity contribution < 1.29 is 10.0 Å². The molecule has 2 aliphatic rings. The summed E-state index contributed by atoms with van der Waals surface area (Å²) in [7, 11) is 0. The highest BCUT2D eigenvalue weighted by Crippen LogP contribution is 2.44. The number of fused-ring (bicyclic) bond motifs is 2. The first kappa shape index (κ1) is 16.6. The van der Waals surface area contributed by atoms with Gasteiger partial charge in [-0.15, -0.1) is 0 Å². The number of carbonyl (C=O) groups excluding carboxylic acids is 1. The average molecular weight is 370 g/mol. The normalized spacial score (nSPS) is 14.8. The lowest BCUT2D eigenvalue weighted by Crippen LogP contribution is -2.22. The summed E-state index contributed by atoms with van der Waals surface area (Å²) in [6.07, 6.45) is 4.08. The van der Waals surface area contributed by atoms with E-state index in [1.54, 1.807) is 17.6 Å². The second-order valence-electron chi connectivity index (χ2n) is 6.94. The fourth-order valence-corrected chi connectivity index (χ4v) is 3.60. The number of rotatable bonds is 3. The smallest absolute Gasteiger partial charge is 0.275 e. The molecule has 1 aliphatic carbocycles. The molecular weight excluding hydrogens is 352 g/mol. The monoisotopic (exact) mass is 370 g/mol. The molecule has 2 N–H and O–H groups in total. The van der Waals surface area contributed by atoms with Gasteiger partial charge in [0.2, 0.25) is 0 Å². The Bertz CT molecular complexity index is 1110. The number of aliphatic imine (C=N–C) groups is 1. The Labute approximate surface area is 162 Å². The zero-order valence-electron chi connectivity index (χ0n) is 15.0. The van der Waals surface area contributed by atoms with Crippen molar-refractivity contribution in [1.82, 2.24) is 10.5 Å². The molecule has 0 bridgehead atoms. The molecule has 1 saturated carbocycles. The summed E-state index contributed by atoms with van der Waals surface area (Å²) in [5, 5.41) is 9.08. The molecule has 1 aliphatic heterocycles. The fourth-order valence-electron chi connectivity index (χ4n) is 3.60. The lowest BCUT2D eigenvalue weighted by atomic mass is 10.0. The van der Waals surface area contributed by atoms with Crippen LogP contribution in [-0.4, -0.2) is 28.4 Å². The van der Waals surface area contributed by atoms with E-state index < -0.39 is 5.91 Å². The highest BCUT2D eigenvalue weighted by Gasteiger charge is 2.34. The van der Waals surface area contributed by atoms with Crippen molar-refractivity contribution in [2.75, 3.05) is 4.90 Å². The number of pyridine rings is 1. The molecule has 0 radical (unpaired) electrons. The lowest BCUT2D eigenvalue weighted by Gasteiger charge is -2.25. The van der Waals surface area contributed by atoms with Gasteiger partial charge in [0.25, 0.3) is 5.91 Å². The van der Waals surface area contributed by atoms with Crippen molar-refractivity contribution in [2.45, 2.75) is 18.9 Å². The minimum atomic E-state index is -0.557. The number of hydroxylamine groups is 1. The molecule has 138 valence electrons. The fraction of sp³-hybridized carbons (Fsp3) is 0.136. The van der Waals surface area contributed by atoms with Gasteiger partial charge >= 0.3 is 0 Å². The second kappa shape index (κ2) is 6.58. The molecule has 1 amide bonds. The van der Waals surface area contributed by atoms with Gasteiger partial charge in [-0.05, 0) is 43.2 Å². The summed E-state index contributed by atoms with van der Waals surface area (Å²) in [5.41, 5.74) is 6.35. The van der Waals surface area contributed by atoms with E-state index >= 15 is 0 Å². The Hall–Kier alpha value is -3.51. The summed E-state index contributed by atoms with van der Waals surface area (Å²) in [4.78, 5) is 23.9. The molecule has 0 spiro atoms. The molecule has 3 aromatic rings. The van der Waals surface area contributed by atoms with Crippen LogP contribution in [-0.2, 0) is 0 Å². The van der Waals surface area contributed by atoms with E-state index in [1.165, 1.54) is 0 Å². The summed E-state index contributed by atoms with van der Waals surface area (Å²) >= 11 is 0. The number of hydrogen-bond acceptors (Lipinski definition) is 5. The Balaban J connectivity index is 1.68. The van der Waals surface area contributed by atoms with Crippen LogP contribution in [0.25, 0.3) is 11.3 Å². The Morgan fingerprint density at radius 1 is 1.04 bits per heavy atom. The number of nitrogens with zero attached hydrogens (tertiary/aromatic N) is 3. The third-order valence-electron chi connectivity index (χ3n) is 5.08. The maximum atomic E-state index is 12.1. The maximum absolute atomic E-state index is 12.1. The summed E-state index contributed by atoms with van der Waals surface area (Å²) in [6, 6.07) is 19.5. The van der Waals surface area contributed by atoms with Gasteiger partial charge in [0.05, 0.1) is 22.6 Å². The molecule has 1 aromatic heterocycles. The number of aromatic nitrogens is 1. The summed E-state index contributed by atoms with van der Waals surface area (Å²) in [5.74, 6) is 0.284. The number of anilines is 2. The molecule has 2 aromatic carbocycles. The first-order chi connectivity index (χ1) is 13.8. The van der Waals surface area contributed by atoms with Crippen molar-refractivity contribution in [3.8, 4) is 11.3 Å². The number of para-hydroxylation sites is 2. The van der Waals surface area contributed by atoms with Crippen molar-refractivity contribution in [1.29, 1.82) is 0 Å². The van der Waals surface area contributed by atoms with Crippen LogP contribution in [0.5, 0.6) is 0 Å². The maximum Gasteiger partial charge on any atom is 0.275 e. The van der Waals surface area contributed by atoms with Crippen LogP contribution in [0.1, 0.15) is 28.8 Å². The van der Waals surface area contributed by atoms with Gasteiger partial charge in [-0.1, -0.05) is 30.3 Å². The molecule has 28 heavy (non-hydrogen) atoms. The van der Waals surface area contributed by atoms with Crippen LogP contribution in [0.2, 0.25) is 0 Å². The van der Waals surface area contributed by atoms with Crippen LogP contribution in [0, 0.1) is 0 Å². The lowest BCUT2D eigenvalue weighted by molar-refractivity contribution is 0.0707. The minimum absolute atomic E-state index is 0.373. The topological polar surface area (TPSA) is 77.8 Å². The zero-order valence-corrected chi connectivity index (χ0v) is 15.0. The minimum Gasteiger partial charge on any atom is -0.321 e. The van der Waals surface area contributed by atoms with E-state index in [2.05, 4.69) is 16.0 Å².